The van der Waals surface area contributed by atoms with E-state index in [2.05, 4.69) is 4.98 Å². The predicted molar refractivity (Wildman–Crippen MR) is 68.1 cm³/mol. The Morgan fingerprint density at radius 2 is 2.33 bits per heavy atom. The Balaban J connectivity index is 2.71. The molecule has 0 aliphatic carbocycles. The molecule has 0 unspecified atom stereocenters. The van der Waals surface area contributed by atoms with Crippen molar-refractivity contribution >= 4 is 27.4 Å². The van der Waals surface area contributed by atoms with Crippen LogP contribution in [0.1, 0.15) is 26.7 Å². The van der Waals surface area contributed by atoms with Gasteiger partial charge in [-0.05, 0) is 31.6 Å². The fourth-order valence-electron chi connectivity index (χ4n) is 1.45. The first-order valence-electron chi connectivity index (χ1n) is 5.50. The van der Waals surface area contributed by atoms with Gasteiger partial charge in [-0.15, -0.1) is 0 Å². The second-order valence-corrected chi connectivity index (χ2v) is 5.01. The molecule has 1 heterocycles. The van der Waals surface area contributed by atoms with E-state index < -0.39 is 10.9 Å². The summed E-state index contributed by atoms with van der Waals surface area (Å²) in [5, 5.41) is 19.7. The molecule has 0 bridgehead atoms. The van der Waals surface area contributed by atoms with E-state index in [1.54, 1.807) is 0 Å². The maximum Gasteiger partial charge on any atom is 0.345 e. The number of aromatic nitrogens is 1. The van der Waals surface area contributed by atoms with Crippen LogP contribution in [-0.2, 0) is 4.79 Å². The molecule has 100 valence electrons. The van der Waals surface area contributed by atoms with E-state index >= 15 is 0 Å². The molecule has 8 heteroatoms. The van der Waals surface area contributed by atoms with E-state index in [4.69, 9.17) is 5.11 Å². The quantitative estimate of drug-likeness (QED) is 0.603. The Kier molecular flexibility index (Phi) is 5.02. The lowest BCUT2D eigenvalue weighted by atomic mass is 10.2. The summed E-state index contributed by atoms with van der Waals surface area (Å²) in [6.07, 6.45) is 1.80. The van der Waals surface area contributed by atoms with Gasteiger partial charge in [-0.3, -0.25) is 14.9 Å². The molecule has 7 nitrogen and oxygen atoms in total. The summed E-state index contributed by atoms with van der Waals surface area (Å²) < 4.78 is 0. The van der Waals surface area contributed by atoms with Gasteiger partial charge in [-0.2, -0.15) is 0 Å². The highest BCUT2D eigenvalue weighted by molar-refractivity contribution is 7.18. The molecule has 0 saturated carbocycles. The molecule has 0 aromatic carbocycles. The number of hydrogen-bond acceptors (Lipinski definition) is 6. The van der Waals surface area contributed by atoms with Gasteiger partial charge in [0.2, 0.25) is 0 Å². The Bertz CT molecular complexity index is 433. The molecular formula is C10H15N3O4S. The number of thiazole rings is 1. The lowest BCUT2D eigenvalue weighted by Gasteiger charge is -2.25. The van der Waals surface area contributed by atoms with Crippen molar-refractivity contribution in [3.05, 3.63) is 16.3 Å². The Morgan fingerprint density at radius 3 is 2.78 bits per heavy atom. The van der Waals surface area contributed by atoms with Crippen molar-refractivity contribution in [3.8, 4) is 0 Å². The average molecular weight is 273 g/mol. The highest BCUT2D eigenvalue weighted by Crippen LogP contribution is 2.29. The molecule has 0 aliphatic rings. The van der Waals surface area contributed by atoms with Crippen LogP contribution in [0, 0.1) is 10.1 Å². The zero-order valence-corrected chi connectivity index (χ0v) is 11.0. The highest BCUT2D eigenvalue weighted by atomic mass is 32.1. The first kappa shape index (κ1) is 14.4. The van der Waals surface area contributed by atoms with Gasteiger partial charge in [0.1, 0.15) is 6.20 Å². The van der Waals surface area contributed by atoms with Gasteiger partial charge in [-0.25, -0.2) is 4.98 Å². The summed E-state index contributed by atoms with van der Waals surface area (Å²) >= 11 is 1.00. The summed E-state index contributed by atoms with van der Waals surface area (Å²) in [6, 6.07) is 0.115. The normalized spacial score (nSPS) is 10.6. The number of carboxylic acid groups (broad SMARTS) is 1. The van der Waals surface area contributed by atoms with Crippen molar-refractivity contribution in [2.45, 2.75) is 32.7 Å². The number of hydrogen-bond donors (Lipinski definition) is 1. The molecular weight excluding hydrogens is 258 g/mol. The van der Waals surface area contributed by atoms with Gasteiger partial charge in [0.25, 0.3) is 0 Å². The monoisotopic (exact) mass is 273 g/mol. The van der Waals surface area contributed by atoms with Crippen molar-refractivity contribution in [2.75, 3.05) is 11.4 Å². The predicted octanol–water partition coefficient (Wildman–Crippen LogP) is 2.13. The number of carbonyl (C=O) groups is 1. The molecule has 1 aromatic rings. The zero-order valence-electron chi connectivity index (χ0n) is 10.2. The smallest absolute Gasteiger partial charge is 0.345 e. The third-order valence-electron chi connectivity index (χ3n) is 2.32. The molecule has 0 fully saturated rings. The number of carboxylic acids is 1. The van der Waals surface area contributed by atoms with Crippen molar-refractivity contribution in [3.63, 3.8) is 0 Å². The molecule has 0 aliphatic heterocycles. The molecule has 1 aromatic heterocycles. The maximum atomic E-state index is 10.6. The minimum Gasteiger partial charge on any atom is -0.481 e. The van der Waals surface area contributed by atoms with Crippen LogP contribution < -0.4 is 4.90 Å². The summed E-state index contributed by atoms with van der Waals surface area (Å²) in [5.74, 6) is -0.844. The van der Waals surface area contributed by atoms with Crippen molar-refractivity contribution < 1.29 is 14.8 Å². The van der Waals surface area contributed by atoms with Crippen LogP contribution in [0.3, 0.4) is 0 Å². The minimum atomic E-state index is -0.844. The molecule has 0 amide bonds. The van der Waals surface area contributed by atoms with Crippen molar-refractivity contribution in [1.29, 1.82) is 0 Å². The lowest BCUT2D eigenvalue weighted by molar-refractivity contribution is -0.380. The van der Waals surface area contributed by atoms with Crippen LogP contribution in [0.4, 0.5) is 10.1 Å². The van der Waals surface area contributed by atoms with Crippen LogP contribution in [0.5, 0.6) is 0 Å². The summed E-state index contributed by atoms with van der Waals surface area (Å²) in [6.45, 7) is 4.40. The first-order valence-corrected chi connectivity index (χ1v) is 6.32. The van der Waals surface area contributed by atoms with Gasteiger partial charge in [-0.1, -0.05) is 0 Å². The van der Waals surface area contributed by atoms with Gasteiger partial charge in [0, 0.05) is 19.0 Å². The lowest BCUT2D eigenvalue weighted by Crippen LogP contribution is -2.31. The summed E-state index contributed by atoms with van der Waals surface area (Å²) in [4.78, 5) is 26.5. The SMILES string of the molecule is CC(C)N(CCCC(=O)O)c1ncc([N+](=O)[O-])s1. The molecule has 0 saturated heterocycles. The second-order valence-electron chi connectivity index (χ2n) is 4.02. The van der Waals surface area contributed by atoms with Crippen LogP contribution in [-0.4, -0.2) is 33.6 Å². The maximum absolute atomic E-state index is 10.6. The van der Waals surface area contributed by atoms with Gasteiger partial charge in [0.15, 0.2) is 5.13 Å². The van der Waals surface area contributed by atoms with E-state index in [0.29, 0.717) is 18.1 Å². The standard InChI is InChI=1S/C10H15N3O4S/c1-7(2)12(5-3-4-9(14)15)10-11-6-8(18-10)13(16)17/h6-7H,3-5H2,1-2H3,(H,14,15). The van der Waals surface area contributed by atoms with Crippen LogP contribution in [0.2, 0.25) is 0 Å². The average Bonchev–Trinajstić information content (AvgIpc) is 2.72. The summed E-state index contributed by atoms with van der Waals surface area (Å²) in [5.41, 5.74) is 0. The van der Waals surface area contributed by atoms with E-state index in [9.17, 15) is 14.9 Å². The fraction of sp³-hybridized carbons (Fsp3) is 0.600. The van der Waals surface area contributed by atoms with Crippen molar-refractivity contribution in [1.82, 2.24) is 4.98 Å². The third kappa shape index (κ3) is 3.95. The molecule has 0 spiro atoms. The molecule has 1 N–H and O–H groups in total. The number of rotatable bonds is 7. The summed E-state index contributed by atoms with van der Waals surface area (Å²) in [7, 11) is 0. The minimum absolute atomic E-state index is 0.00566. The van der Waals surface area contributed by atoms with E-state index in [1.165, 1.54) is 6.20 Å². The van der Waals surface area contributed by atoms with E-state index in [-0.39, 0.29) is 17.5 Å². The Morgan fingerprint density at radius 1 is 1.67 bits per heavy atom. The van der Waals surface area contributed by atoms with E-state index in [0.717, 1.165) is 11.3 Å². The topological polar surface area (TPSA) is 96.6 Å². The largest absolute Gasteiger partial charge is 0.481 e. The fourth-order valence-corrected chi connectivity index (χ4v) is 2.34. The Hall–Kier alpha value is -1.70. The van der Waals surface area contributed by atoms with Gasteiger partial charge < -0.3 is 10.0 Å². The highest BCUT2D eigenvalue weighted by Gasteiger charge is 2.18. The molecule has 0 atom stereocenters. The third-order valence-corrected chi connectivity index (χ3v) is 3.31. The van der Waals surface area contributed by atoms with Crippen LogP contribution >= 0.6 is 11.3 Å². The van der Waals surface area contributed by atoms with Gasteiger partial charge >= 0.3 is 11.0 Å². The number of aliphatic carboxylic acids is 1. The van der Waals surface area contributed by atoms with E-state index in [1.807, 2.05) is 18.7 Å². The molecule has 18 heavy (non-hydrogen) atoms. The van der Waals surface area contributed by atoms with Crippen molar-refractivity contribution in [2.24, 2.45) is 0 Å². The molecule has 0 radical (unpaired) electrons. The van der Waals surface area contributed by atoms with Crippen LogP contribution in [0.15, 0.2) is 6.20 Å². The zero-order chi connectivity index (χ0) is 13.7. The van der Waals surface area contributed by atoms with Gasteiger partial charge in [0.05, 0.1) is 4.92 Å². The molecule has 1 rings (SSSR count). The first-order chi connectivity index (χ1) is 8.41. The van der Waals surface area contributed by atoms with Crippen LogP contribution in [0.25, 0.3) is 0 Å². The Labute approximate surface area is 108 Å². The number of anilines is 1. The number of nitro groups is 1. The second kappa shape index (κ2) is 6.29. The number of nitrogens with zero attached hydrogens (tertiary/aromatic N) is 3.